The van der Waals surface area contributed by atoms with Gasteiger partial charge in [0.25, 0.3) is 0 Å². The molecule has 0 heterocycles. The molecule has 0 rings (SSSR count). The summed E-state index contributed by atoms with van der Waals surface area (Å²) in [5, 5.41) is 0. The molecule has 9 heavy (non-hydrogen) atoms. The Hall–Kier alpha value is -0.940. The molecule has 0 fully saturated rings. The van der Waals surface area contributed by atoms with Crippen LogP contribution < -0.4 is 6.15 Å². The Morgan fingerprint density at radius 2 is 1.33 bits per heavy atom. The molecule has 0 aromatic heterocycles. The lowest BCUT2D eigenvalue weighted by Gasteiger charge is -1.87. The zero-order valence-electron chi connectivity index (χ0n) is 5.43. The summed E-state index contributed by atoms with van der Waals surface area (Å²) in [5.41, 5.74) is 0. The third-order valence-corrected chi connectivity index (χ3v) is 0.287. The van der Waals surface area contributed by atoms with Gasteiger partial charge in [-0.3, -0.25) is 9.59 Å². The highest BCUT2D eigenvalue weighted by Crippen LogP contribution is 1.73. The van der Waals surface area contributed by atoms with Gasteiger partial charge in [0, 0.05) is 13.8 Å². The van der Waals surface area contributed by atoms with Gasteiger partial charge < -0.3 is 16.4 Å². The summed E-state index contributed by atoms with van der Waals surface area (Å²) in [6, 6.07) is 0. The Morgan fingerprint density at radius 1 is 1.11 bits per heavy atom. The fourth-order valence-corrected chi connectivity index (χ4v) is 0.202. The van der Waals surface area contributed by atoms with Crippen LogP contribution in [0.3, 0.4) is 0 Å². The first-order chi connectivity index (χ1) is 3.13. The number of carbonyl (C=O) groups is 2. The van der Waals surface area contributed by atoms with Crippen LogP contribution >= 0.6 is 0 Å². The fraction of sp³-hybridized carbons (Fsp3) is 0.500. The van der Waals surface area contributed by atoms with Crippen LogP contribution in [-0.2, 0) is 14.3 Å². The van der Waals surface area contributed by atoms with Crippen LogP contribution in [0.1, 0.15) is 13.8 Å². The minimum absolute atomic E-state index is 0. The van der Waals surface area contributed by atoms with Gasteiger partial charge in [-0.2, -0.15) is 0 Å². The van der Waals surface area contributed by atoms with E-state index < -0.39 is 11.9 Å². The fourth-order valence-electron chi connectivity index (χ4n) is 0.202. The second-order valence-electron chi connectivity index (χ2n) is 1.09. The molecule has 5 nitrogen and oxygen atoms in total. The molecule has 0 radical (unpaired) electrons. The Bertz CT molecular complexity index is 88.7. The second kappa shape index (κ2) is 7.06. The molecule has 0 aliphatic rings. The quantitative estimate of drug-likeness (QED) is 0.356. The normalized spacial score (nSPS) is 6.00. The number of hydrogen-bond acceptors (Lipinski definition) is 4. The molecule has 0 spiro atoms. The number of esters is 2. The van der Waals surface area contributed by atoms with Crippen molar-refractivity contribution in [3.8, 4) is 0 Å². The summed E-state index contributed by atoms with van der Waals surface area (Å²) in [5.74, 6) is -1.12. The van der Waals surface area contributed by atoms with Gasteiger partial charge >= 0.3 is 11.9 Å². The highest BCUT2D eigenvalue weighted by Gasteiger charge is 1.93. The summed E-state index contributed by atoms with van der Waals surface area (Å²) in [6.07, 6.45) is 0. The maximum Gasteiger partial charge on any atom is 0.310 e. The second-order valence-corrected chi connectivity index (χ2v) is 1.09. The number of carbonyl (C=O) groups excluding carboxylic acids is 2. The topological polar surface area (TPSA) is 110 Å². The van der Waals surface area contributed by atoms with Gasteiger partial charge in [0.15, 0.2) is 0 Å². The Balaban J connectivity index is -0.000000180. The van der Waals surface area contributed by atoms with Crippen molar-refractivity contribution in [2.75, 3.05) is 0 Å². The average Bonchev–Trinajstić information content (AvgIpc) is 1.27. The SMILES string of the molecule is CC(=O)OC(C)=O.N.O. The van der Waals surface area contributed by atoms with E-state index in [1.807, 2.05) is 0 Å². The molecule has 0 saturated heterocycles. The molecule has 0 atom stereocenters. The molecule has 0 aliphatic carbocycles. The van der Waals surface area contributed by atoms with Crippen molar-refractivity contribution < 1.29 is 19.8 Å². The van der Waals surface area contributed by atoms with Gasteiger partial charge in [-0.05, 0) is 0 Å². The van der Waals surface area contributed by atoms with Crippen LogP contribution in [0.4, 0.5) is 0 Å². The number of hydrogen-bond donors (Lipinski definition) is 1. The molecular formula is C4H11NO4. The van der Waals surface area contributed by atoms with Gasteiger partial charge in [-0.25, -0.2) is 0 Å². The van der Waals surface area contributed by atoms with Crippen LogP contribution in [0.5, 0.6) is 0 Å². The van der Waals surface area contributed by atoms with E-state index in [4.69, 9.17) is 0 Å². The Morgan fingerprint density at radius 3 is 1.33 bits per heavy atom. The largest absolute Gasteiger partial charge is 0.412 e. The van der Waals surface area contributed by atoms with Gasteiger partial charge in [-0.15, -0.1) is 0 Å². The molecule has 56 valence electrons. The van der Waals surface area contributed by atoms with Crippen molar-refractivity contribution in [3.05, 3.63) is 0 Å². The van der Waals surface area contributed by atoms with Crippen LogP contribution in [0, 0.1) is 0 Å². The van der Waals surface area contributed by atoms with E-state index in [1.54, 1.807) is 0 Å². The van der Waals surface area contributed by atoms with Crippen molar-refractivity contribution in [1.29, 1.82) is 0 Å². The first-order valence-corrected chi connectivity index (χ1v) is 1.82. The summed E-state index contributed by atoms with van der Waals surface area (Å²) in [4.78, 5) is 19.6. The Kier molecular flexibility index (Phi) is 12.3. The van der Waals surface area contributed by atoms with Crippen molar-refractivity contribution >= 4 is 11.9 Å². The van der Waals surface area contributed by atoms with Crippen molar-refractivity contribution in [2.24, 2.45) is 0 Å². The standard InChI is InChI=1S/C4H6O3.H3N.H2O/c1-3(5)7-4(2)6;;/h1-2H3;1H3;1H2. The summed E-state index contributed by atoms with van der Waals surface area (Å²) >= 11 is 0. The van der Waals surface area contributed by atoms with Gasteiger partial charge in [0.05, 0.1) is 0 Å². The van der Waals surface area contributed by atoms with Crippen molar-refractivity contribution in [3.63, 3.8) is 0 Å². The van der Waals surface area contributed by atoms with E-state index in [0.29, 0.717) is 0 Å². The van der Waals surface area contributed by atoms with E-state index in [-0.39, 0.29) is 11.6 Å². The smallest absolute Gasteiger partial charge is 0.310 e. The zero-order chi connectivity index (χ0) is 5.86. The molecule has 0 saturated carbocycles. The van der Waals surface area contributed by atoms with Crippen molar-refractivity contribution in [1.82, 2.24) is 6.15 Å². The molecule has 0 unspecified atom stereocenters. The molecule has 5 N–H and O–H groups in total. The lowest BCUT2D eigenvalue weighted by Crippen LogP contribution is -2.03. The van der Waals surface area contributed by atoms with Gasteiger partial charge in [0.1, 0.15) is 0 Å². The molecule has 0 amide bonds. The van der Waals surface area contributed by atoms with E-state index in [1.165, 1.54) is 13.8 Å². The lowest BCUT2D eigenvalue weighted by atomic mass is 10.7. The van der Waals surface area contributed by atoms with Crippen LogP contribution in [0.2, 0.25) is 0 Å². The summed E-state index contributed by atoms with van der Waals surface area (Å²) < 4.78 is 3.97. The minimum atomic E-state index is -0.562. The molecule has 0 aromatic rings. The van der Waals surface area contributed by atoms with E-state index in [9.17, 15) is 9.59 Å². The average molecular weight is 137 g/mol. The third-order valence-electron chi connectivity index (χ3n) is 0.287. The highest BCUT2D eigenvalue weighted by molar-refractivity contribution is 5.82. The first-order valence-electron chi connectivity index (χ1n) is 1.82. The van der Waals surface area contributed by atoms with E-state index in [2.05, 4.69) is 4.74 Å². The number of rotatable bonds is 0. The molecule has 0 aliphatic heterocycles. The zero-order valence-corrected chi connectivity index (χ0v) is 5.43. The highest BCUT2D eigenvalue weighted by atomic mass is 16.6. The number of ether oxygens (including phenoxy) is 1. The molecule has 5 heteroatoms. The minimum Gasteiger partial charge on any atom is -0.412 e. The van der Waals surface area contributed by atoms with E-state index >= 15 is 0 Å². The molecular weight excluding hydrogens is 126 g/mol. The predicted octanol–water partition coefficient (Wildman–Crippen LogP) is -0.567. The first kappa shape index (κ1) is 15.7. The van der Waals surface area contributed by atoms with Crippen LogP contribution in [0.15, 0.2) is 0 Å². The predicted molar refractivity (Wildman–Crippen MR) is 31.1 cm³/mol. The summed E-state index contributed by atoms with van der Waals surface area (Å²) in [7, 11) is 0. The molecule has 0 aromatic carbocycles. The molecule has 0 bridgehead atoms. The Labute approximate surface area is 52.9 Å². The monoisotopic (exact) mass is 137 g/mol. The van der Waals surface area contributed by atoms with Crippen LogP contribution in [0.25, 0.3) is 0 Å². The van der Waals surface area contributed by atoms with E-state index in [0.717, 1.165) is 0 Å². The van der Waals surface area contributed by atoms with Gasteiger partial charge in [-0.1, -0.05) is 0 Å². The van der Waals surface area contributed by atoms with Crippen LogP contribution in [-0.4, -0.2) is 17.4 Å². The maximum atomic E-state index is 9.81. The third kappa shape index (κ3) is 19.3. The lowest BCUT2D eigenvalue weighted by molar-refractivity contribution is -0.156. The maximum absolute atomic E-state index is 9.81. The van der Waals surface area contributed by atoms with Crippen molar-refractivity contribution in [2.45, 2.75) is 13.8 Å². The van der Waals surface area contributed by atoms with Gasteiger partial charge in [0.2, 0.25) is 0 Å². The summed E-state index contributed by atoms with van der Waals surface area (Å²) in [6.45, 7) is 2.36.